The number of methoxy groups -OCH3 is 3. The Labute approximate surface area is 160 Å². The van der Waals surface area contributed by atoms with E-state index in [0.717, 1.165) is 24.2 Å². The predicted molar refractivity (Wildman–Crippen MR) is 107 cm³/mol. The number of rotatable bonds is 5. The van der Waals surface area contributed by atoms with Gasteiger partial charge >= 0.3 is 0 Å². The largest absolute Gasteiger partial charge is 0.493 e. The van der Waals surface area contributed by atoms with Crippen LogP contribution in [0.5, 0.6) is 17.2 Å². The van der Waals surface area contributed by atoms with Crippen LogP contribution in [0.15, 0.2) is 42.5 Å². The number of carbonyl (C=O) groups excluding carboxylic acids is 1. The van der Waals surface area contributed by atoms with Crippen molar-refractivity contribution < 1.29 is 19.0 Å². The summed E-state index contributed by atoms with van der Waals surface area (Å²) in [5.74, 6) is 2.07. The molecule has 0 saturated carbocycles. The highest BCUT2D eigenvalue weighted by atomic mass is 16.5. The molecule has 1 atom stereocenters. The molecule has 2 aromatic rings. The zero-order valence-corrected chi connectivity index (χ0v) is 16.2. The molecule has 2 aromatic carbocycles. The molecule has 27 heavy (non-hydrogen) atoms. The molecule has 142 valence electrons. The summed E-state index contributed by atoms with van der Waals surface area (Å²) >= 11 is 0. The molecular weight excluding hydrogens is 342 g/mol. The highest BCUT2D eigenvalue weighted by Gasteiger charge is 2.24. The minimum absolute atomic E-state index is 0.0388. The third kappa shape index (κ3) is 3.77. The number of carbonyl (C=O) groups is 1. The molecule has 1 aliphatic rings. The van der Waals surface area contributed by atoms with Crippen molar-refractivity contribution in [2.24, 2.45) is 0 Å². The predicted octanol–water partition coefficient (Wildman–Crippen LogP) is 4.27. The number of amides is 1. The molecule has 0 spiro atoms. The summed E-state index contributed by atoms with van der Waals surface area (Å²) in [7, 11) is 4.71. The maximum absolute atomic E-state index is 12.8. The van der Waals surface area contributed by atoms with Crippen molar-refractivity contribution in [2.75, 3.05) is 32.8 Å². The van der Waals surface area contributed by atoms with Crippen LogP contribution in [0.1, 0.15) is 30.4 Å². The zero-order chi connectivity index (χ0) is 19.4. The number of nitrogens with zero attached hydrogens (tertiary/aromatic N) is 1. The fraction of sp³-hybridized carbons (Fsp3) is 0.318. The first-order valence-corrected chi connectivity index (χ1v) is 8.97. The van der Waals surface area contributed by atoms with Crippen LogP contribution < -0.4 is 19.1 Å². The second-order valence-corrected chi connectivity index (χ2v) is 6.53. The standard InChI is InChI=1S/C22H25NO4/c1-15-11-12-23(18-8-6-5-7-17(15)18)21(24)10-9-16-13-19(25-2)22(27-4)20(14-16)26-3/h5-10,13-15H,11-12H2,1-4H3/b10-9+. The first-order valence-electron chi connectivity index (χ1n) is 8.97. The third-order valence-electron chi connectivity index (χ3n) is 4.92. The number of anilines is 1. The van der Waals surface area contributed by atoms with E-state index in [1.54, 1.807) is 33.5 Å². The molecule has 0 bridgehead atoms. The summed E-state index contributed by atoms with van der Waals surface area (Å²) in [6.07, 6.45) is 4.32. The van der Waals surface area contributed by atoms with Gasteiger partial charge in [0.25, 0.3) is 5.91 Å². The summed E-state index contributed by atoms with van der Waals surface area (Å²) in [6, 6.07) is 11.7. The average molecular weight is 367 g/mol. The van der Waals surface area contributed by atoms with Crippen LogP contribution in [0.3, 0.4) is 0 Å². The van der Waals surface area contributed by atoms with Gasteiger partial charge in [0.2, 0.25) is 5.75 Å². The van der Waals surface area contributed by atoms with E-state index in [1.807, 2.05) is 35.2 Å². The Morgan fingerprint density at radius 2 is 1.74 bits per heavy atom. The van der Waals surface area contributed by atoms with Crippen LogP contribution >= 0.6 is 0 Å². The van der Waals surface area contributed by atoms with Gasteiger partial charge in [-0.15, -0.1) is 0 Å². The minimum Gasteiger partial charge on any atom is -0.493 e. The summed E-state index contributed by atoms with van der Waals surface area (Å²) < 4.78 is 16.1. The molecule has 0 saturated heterocycles. The van der Waals surface area contributed by atoms with Crippen molar-refractivity contribution in [3.8, 4) is 17.2 Å². The molecule has 0 N–H and O–H groups in total. The highest BCUT2D eigenvalue weighted by Crippen LogP contribution is 2.39. The smallest absolute Gasteiger partial charge is 0.250 e. The Kier molecular flexibility index (Phi) is 5.69. The highest BCUT2D eigenvalue weighted by molar-refractivity contribution is 6.04. The Balaban J connectivity index is 1.87. The van der Waals surface area contributed by atoms with Gasteiger partial charge in [-0.1, -0.05) is 25.1 Å². The van der Waals surface area contributed by atoms with Crippen LogP contribution in [0.2, 0.25) is 0 Å². The maximum atomic E-state index is 12.8. The zero-order valence-electron chi connectivity index (χ0n) is 16.2. The number of hydrogen-bond acceptors (Lipinski definition) is 4. The van der Waals surface area contributed by atoms with Gasteiger partial charge in [-0.05, 0) is 47.7 Å². The minimum atomic E-state index is -0.0388. The summed E-state index contributed by atoms with van der Waals surface area (Å²) in [5.41, 5.74) is 3.02. The van der Waals surface area contributed by atoms with Crippen LogP contribution in [-0.4, -0.2) is 33.8 Å². The number of hydrogen-bond donors (Lipinski definition) is 0. The topological polar surface area (TPSA) is 48.0 Å². The van der Waals surface area contributed by atoms with E-state index < -0.39 is 0 Å². The van der Waals surface area contributed by atoms with Gasteiger partial charge < -0.3 is 19.1 Å². The molecule has 3 rings (SSSR count). The number of benzene rings is 2. The summed E-state index contributed by atoms with van der Waals surface area (Å²) in [5, 5.41) is 0. The maximum Gasteiger partial charge on any atom is 0.250 e. The Bertz CT molecular complexity index is 834. The lowest BCUT2D eigenvalue weighted by atomic mass is 9.91. The van der Waals surface area contributed by atoms with Crippen LogP contribution in [0.4, 0.5) is 5.69 Å². The van der Waals surface area contributed by atoms with E-state index in [2.05, 4.69) is 13.0 Å². The van der Waals surface area contributed by atoms with E-state index in [9.17, 15) is 4.79 Å². The molecule has 0 radical (unpaired) electrons. The van der Waals surface area contributed by atoms with Crippen LogP contribution in [0, 0.1) is 0 Å². The number of para-hydroxylation sites is 1. The lowest BCUT2D eigenvalue weighted by molar-refractivity contribution is -0.114. The van der Waals surface area contributed by atoms with Crippen molar-refractivity contribution in [1.82, 2.24) is 0 Å². The normalized spacial score (nSPS) is 16.1. The van der Waals surface area contributed by atoms with Gasteiger partial charge in [-0.3, -0.25) is 4.79 Å². The lowest BCUT2D eigenvalue weighted by Gasteiger charge is -2.32. The van der Waals surface area contributed by atoms with Gasteiger partial charge in [0, 0.05) is 18.3 Å². The van der Waals surface area contributed by atoms with E-state index in [0.29, 0.717) is 23.2 Å². The summed E-state index contributed by atoms with van der Waals surface area (Å²) in [4.78, 5) is 14.7. The molecule has 0 aliphatic carbocycles. The van der Waals surface area contributed by atoms with Crippen molar-refractivity contribution in [3.05, 3.63) is 53.6 Å². The Hall–Kier alpha value is -2.95. The van der Waals surface area contributed by atoms with Crippen molar-refractivity contribution in [1.29, 1.82) is 0 Å². The van der Waals surface area contributed by atoms with Gasteiger partial charge in [0.05, 0.1) is 21.3 Å². The molecule has 5 nitrogen and oxygen atoms in total. The van der Waals surface area contributed by atoms with Gasteiger partial charge in [0.1, 0.15) is 0 Å². The molecule has 0 fully saturated rings. The fourth-order valence-corrected chi connectivity index (χ4v) is 3.43. The average Bonchev–Trinajstić information content (AvgIpc) is 2.71. The monoisotopic (exact) mass is 367 g/mol. The van der Waals surface area contributed by atoms with Crippen LogP contribution in [-0.2, 0) is 4.79 Å². The van der Waals surface area contributed by atoms with Gasteiger partial charge in [0.15, 0.2) is 11.5 Å². The molecule has 1 heterocycles. The van der Waals surface area contributed by atoms with E-state index in [1.165, 1.54) is 5.56 Å². The van der Waals surface area contributed by atoms with E-state index in [4.69, 9.17) is 14.2 Å². The first kappa shape index (κ1) is 18.8. The SMILES string of the molecule is COc1cc(/C=C/C(=O)N2CCC(C)c3ccccc32)cc(OC)c1OC. The second-order valence-electron chi connectivity index (χ2n) is 6.53. The fourth-order valence-electron chi connectivity index (χ4n) is 3.43. The number of ether oxygens (including phenoxy) is 3. The summed E-state index contributed by atoms with van der Waals surface area (Å²) in [6.45, 7) is 2.92. The molecule has 1 unspecified atom stereocenters. The van der Waals surface area contributed by atoms with Crippen LogP contribution in [0.25, 0.3) is 6.08 Å². The van der Waals surface area contributed by atoms with E-state index in [-0.39, 0.29) is 5.91 Å². The molecule has 1 aliphatic heterocycles. The van der Waals surface area contributed by atoms with Gasteiger partial charge in [-0.25, -0.2) is 0 Å². The Morgan fingerprint density at radius 1 is 1.07 bits per heavy atom. The van der Waals surface area contributed by atoms with Crippen molar-refractivity contribution in [2.45, 2.75) is 19.3 Å². The van der Waals surface area contributed by atoms with Gasteiger partial charge in [-0.2, -0.15) is 0 Å². The molecule has 5 heteroatoms. The lowest BCUT2D eigenvalue weighted by Crippen LogP contribution is -2.35. The molecule has 1 amide bonds. The Morgan fingerprint density at radius 3 is 2.37 bits per heavy atom. The molecule has 0 aromatic heterocycles. The van der Waals surface area contributed by atoms with E-state index >= 15 is 0 Å². The molecular formula is C22H25NO4. The quantitative estimate of drug-likeness (QED) is 0.741. The second kappa shape index (κ2) is 8.16. The van der Waals surface area contributed by atoms with Crippen molar-refractivity contribution in [3.63, 3.8) is 0 Å². The third-order valence-corrected chi connectivity index (χ3v) is 4.92. The van der Waals surface area contributed by atoms with Crippen molar-refractivity contribution >= 4 is 17.7 Å². The number of fused-ring (bicyclic) bond motifs is 1. The first-order chi connectivity index (χ1) is 13.1.